The Hall–Kier alpha value is -2.82. The van der Waals surface area contributed by atoms with Crippen molar-refractivity contribution in [3.63, 3.8) is 0 Å². The van der Waals surface area contributed by atoms with Gasteiger partial charge in [0.2, 0.25) is 0 Å². The van der Waals surface area contributed by atoms with Gasteiger partial charge >= 0.3 is 11.9 Å². The predicted octanol–water partition coefficient (Wildman–Crippen LogP) is 3.04. The van der Waals surface area contributed by atoms with Gasteiger partial charge in [-0.3, -0.25) is 4.79 Å². The van der Waals surface area contributed by atoms with Crippen LogP contribution in [0.2, 0.25) is 0 Å². The minimum atomic E-state index is -1.06. The molecule has 158 valence electrons. The van der Waals surface area contributed by atoms with Gasteiger partial charge in [-0.25, -0.2) is 9.59 Å². The first-order valence-electron chi connectivity index (χ1n) is 9.94. The third-order valence-electron chi connectivity index (χ3n) is 5.61. The first-order chi connectivity index (χ1) is 13.7. The molecule has 1 aromatic heterocycles. The molecule has 1 amide bonds. The first kappa shape index (κ1) is 22.5. The van der Waals surface area contributed by atoms with Crippen LogP contribution in [-0.2, 0) is 14.3 Å². The molecule has 1 N–H and O–H groups in total. The summed E-state index contributed by atoms with van der Waals surface area (Å²) in [6, 6.07) is 2.29. The van der Waals surface area contributed by atoms with Crippen LogP contribution in [0.5, 0.6) is 0 Å². The maximum atomic E-state index is 12.9. The molecule has 0 aromatic carbocycles. The summed E-state index contributed by atoms with van der Waals surface area (Å²) in [5, 5.41) is 9.67. The number of likely N-dealkylation sites (N-methyl/N-ethyl adjacent to an activating group) is 1. The van der Waals surface area contributed by atoms with Crippen LogP contribution >= 0.6 is 0 Å². The lowest BCUT2D eigenvalue weighted by atomic mass is 9.81. The van der Waals surface area contributed by atoms with Gasteiger partial charge in [-0.05, 0) is 46.1 Å². The number of aromatic amines is 1. The highest BCUT2D eigenvalue weighted by molar-refractivity contribution is 5.99. The molecule has 2 rings (SSSR count). The minimum Gasteiger partial charge on any atom is -0.461 e. The Kier molecular flexibility index (Phi) is 7.07. The summed E-state index contributed by atoms with van der Waals surface area (Å²) >= 11 is 0. The summed E-state index contributed by atoms with van der Waals surface area (Å²) in [6.45, 7) is 6.68. The molecule has 1 aromatic rings. The second-order valence-electron chi connectivity index (χ2n) is 7.49. The molecule has 1 aliphatic rings. The topological polar surface area (TPSA) is 112 Å². The van der Waals surface area contributed by atoms with E-state index in [1.807, 2.05) is 0 Å². The van der Waals surface area contributed by atoms with Crippen molar-refractivity contribution in [1.29, 1.82) is 5.26 Å². The number of amides is 1. The molecule has 0 unspecified atom stereocenters. The highest BCUT2D eigenvalue weighted by Crippen LogP contribution is 2.33. The van der Waals surface area contributed by atoms with Gasteiger partial charge in [0.15, 0.2) is 6.10 Å². The van der Waals surface area contributed by atoms with Crippen LogP contribution in [-0.4, -0.2) is 53.0 Å². The monoisotopic (exact) mass is 403 g/mol. The Morgan fingerprint density at radius 2 is 1.83 bits per heavy atom. The Morgan fingerprint density at radius 3 is 2.38 bits per heavy atom. The molecule has 8 nitrogen and oxygen atoms in total. The van der Waals surface area contributed by atoms with Crippen LogP contribution in [0.1, 0.15) is 78.1 Å². The molecule has 1 fully saturated rings. The van der Waals surface area contributed by atoms with E-state index in [0.717, 1.165) is 19.3 Å². The normalized spacial score (nSPS) is 16.4. The molecule has 0 bridgehead atoms. The van der Waals surface area contributed by atoms with Crippen molar-refractivity contribution in [1.82, 2.24) is 9.88 Å². The maximum absolute atomic E-state index is 12.9. The largest absolute Gasteiger partial charge is 0.461 e. The Morgan fingerprint density at radius 1 is 1.21 bits per heavy atom. The number of nitrogens with zero attached hydrogens (tertiary/aromatic N) is 2. The summed E-state index contributed by atoms with van der Waals surface area (Å²) in [6.07, 6.45) is 3.00. The van der Waals surface area contributed by atoms with Gasteiger partial charge in [0.1, 0.15) is 11.2 Å². The third kappa shape index (κ3) is 4.44. The van der Waals surface area contributed by atoms with E-state index in [-0.39, 0.29) is 17.9 Å². The molecule has 1 atom stereocenters. The number of hydrogen-bond acceptors (Lipinski definition) is 6. The lowest BCUT2D eigenvalue weighted by Gasteiger charge is -2.39. The molecule has 29 heavy (non-hydrogen) atoms. The highest BCUT2D eigenvalue weighted by atomic mass is 16.5. The van der Waals surface area contributed by atoms with Gasteiger partial charge in [0.05, 0.1) is 18.2 Å². The number of H-pyrrole nitrogens is 1. The Bertz CT molecular complexity index is 830. The average Bonchev–Trinajstić information content (AvgIpc) is 3.01. The van der Waals surface area contributed by atoms with E-state index in [9.17, 15) is 19.6 Å². The average molecular weight is 403 g/mol. The maximum Gasteiger partial charge on any atom is 0.355 e. The summed E-state index contributed by atoms with van der Waals surface area (Å²) in [5.41, 5.74) is 0.428. The summed E-state index contributed by atoms with van der Waals surface area (Å²) in [7, 11) is 1.59. The number of nitriles is 1. The van der Waals surface area contributed by atoms with Crippen LogP contribution < -0.4 is 0 Å². The van der Waals surface area contributed by atoms with Crippen molar-refractivity contribution < 1.29 is 23.9 Å². The van der Waals surface area contributed by atoms with Crippen LogP contribution in [0.15, 0.2) is 0 Å². The molecule has 0 spiro atoms. The first-order valence-corrected chi connectivity index (χ1v) is 9.94. The van der Waals surface area contributed by atoms with Gasteiger partial charge < -0.3 is 19.4 Å². The van der Waals surface area contributed by atoms with Gasteiger partial charge in [-0.2, -0.15) is 5.26 Å². The lowest BCUT2D eigenvalue weighted by Crippen LogP contribution is -2.53. The van der Waals surface area contributed by atoms with Crippen molar-refractivity contribution >= 4 is 17.8 Å². The number of esters is 2. The van der Waals surface area contributed by atoms with Crippen LogP contribution in [0.25, 0.3) is 0 Å². The van der Waals surface area contributed by atoms with E-state index in [0.29, 0.717) is 24.1 Å². The number of rotatable bonds is 6. The lowest BCUT2D eigenvalue weighted by molar-refractivity contribution is -0.143. The quantitative estimate of drug-likeness (QED) is 0.731. The second kappa shape index (κ2) is 9.12. The number of ether oxygens (including phenoxy) is 2. The van der Waals surface area contributed by atoms with Crippen LogP contribution in [0.4, 0.5) is 0 Å². The highest BCUT2D eigenvalue weighted by Gasteiger charge is 2.41. The van der Waals surface area contributed by atoms with E-state index >= 15 is 0 Å². The van der Waals surface area contributed by atoms with Gasteiger partial charge in [0.25, 0.3) is 5.91 Å². The van der Waals surface area contributed by atoms with E-state index in [1.54, 1.807) is 27.8 Å². The molecule has 0 aliphatic heterocycles. The minimum absolute atomic E-state index is 0.193. The zero-order valence-electron chi connectivity index (χ0n) is 17.8. The number of nitrogens with one attached hydrogen (secondary N) is 1. The fraction of sp³-hybridized carbons (Fsp3) is 0.619. The molecule has 0 saturated heterocycles. The smallest absolute Gasteiger partial charge is 0.355 e. The summed E-state index contributed by atoms with van der Waals surface area (Å²) < 4.78 is 10.4. The summed E-state index contributed by atoms with van der Waals surface area (Å²) in [4.78, 5) is 41.9. The van der Waals surface area contributed by atoms with Crippen LogP contribution in [0.3, 0.4) is 0 Å². The zero-order chi connectivity index (χ0) is 21.8. The zero-order valence-corrected chi connectivity index (χ0v) is 17.8. The van der Waals surface area contributed by atoms with E-state index in [1.165, 1.54) is 11.8 Å². The number of hydrogen-bond donors (Lipinski definition) is 1. The molecule has 1 aliphatic carbocycles. The predicted molar refractivity (Wildman–Crippen MR) is 105 cm³/mol. The van der Waals surface area contributed by atoms with Crippen molar-refractivity contribution in [2.75, 3.05) is 13.7 Å². The molecular formula is C21H29N3O5. The molecular weight excluding hydrogens is 374 g/mol. The number of carbonyl (C=O) groups is 3. The van der Waals surface area contributed by atoms with Crippen molar-refractivity contribution in [3.8, 4) is 6.07 Å². The Balaban J connectivity index is 2.15. The van der Waals surface area contributed by atoms with Crippen molar-refractivity contribution in [2.24, 2.45) is 0 Å². The second-order valence-corrected chi connectivity index (χ2v) is 7.49. The van der Waals surface area contributed by atoms with Crippen molar-refractivity contribution in [3.05, 3.63) is 22.5 Å². The number of aromatic nitrogens is 1. The van der Waals surface area contributed by atoms with E-state index < -0.39 is 29.5 Å². The van der Waals surface area contributed by atoms with E-state index in [2.05, 4.69) is 11.1 Å². The molecule has 0 radical (unpaired) electrons. The SMILES string of the molecule is CCOC(=O)c1[nH]c(C)c(C(=O)O[C@@H](C)C(=O)N(C)C2(C#N)CCCCC2)c1C. The number of aryl methyl sites for hydroxylation is 1. The standard InChI is InChI=1S/C21H29N3O5/c1-6-28-20(27)17-13(2)16(14(3)23-17)19(26)29-15(4)18(25)24(5)21(12-22)10-8-7-9-11-21/h15,23H,6-11H2,1-5H3/t15-/m0/s1. The van der Waals surface area contributed by atoms with Crippen LogP contribution in [0, 0.1) is 25.2 Å². The third-order valence-corrected chi connectivity index (χ3v) is 5.61. The van der Waals surface area contributed by atoms with Crippen molar-refractivity contribution in [2.45, 2.75) is 71.4 Å². The van der Waals surface area contributed by atoms with Gasteiger partial charge in [-0.1, -0.05) is 19.3 Å². The summed E-state index contributed by atoms with van der Waals surface area (Å²) in [5.74, 6) is -1.67. The molecule has 1 heterocycles. The fourth-order valence-corrected chi connectivity index (χ4v) is 3.88. The number of carbonyl (C=O) groups excluding carboxylic acids is 3. The fourth-order valence-electron chi connectivity index (χ4n) is 3.88. The van der Waals surface area contributed by atoms with Gasteiger partial charge in [0, 0.05) is 12.7 Å². The van der Waals surface area contributed by atoms with E-state index in [4.69, 9.17) is 9.47 Å². The molecule has 8 heteroatoms. The molecule has 1 saturated carbocycles. The Labute approximate surface area is 171 Å². The van der Waals surface area contributed by atoms with Gasteiger partial charge in [-0.15, -0.1) is 0 Å².